The summed E-state index contributed by atoms with van der Waals surface area (Å²) in [6.45, 7) is 6.88. The number of hydrogen-bond acceptors (Lipinski definition) is 2. The molecule has 160 valence electrons. The Bertz CT molecular complexity index is 1050. The number of benzene rings is 2. The molecule has 1 saturated carbocycles. The van der Waals surface area contributed by atoms with Crippen LogP contribution in [0.3, 0.4) is 0 Å². The summed E-state index contributed by atoms with van der Waals surface area (Å²) in [5, 5.41) is 3.27. The molecule has 3 aromatic rings. The third kappa shape index (κ3) is 4.36. The van der Waals surface area contributed by atoms with Crippen LogP contribution in [-0.2, 0) is 6.18 Å². The van der Waals surface area contributed by atoms with E-state index in [0.29, 0.717) is 17.6 Å². The molecule has 0 spiro atoms. The summed E-state index contributed by atoms with van der Waals surface area (Å²) in [5.74, 6) is 1.25. The highest BCUT2D eigenvalue weighted by Crippen LogP contribution is 2.46. The smallest absolute Gasteiger partial charge is 0.326 e. The molecule has 30 heavy (non-hydrogen) atoms. The topological polar surface area (TPSA) is 29.9 Å². The number of fused-ring (bicyclic) bond motifs is 1. The molecule has 1 N–H and O–H groups in total. The molecule has 1 aromatic heterocycles. The number of nitrogens with one attached hydrogen (secondary N) is 1. The molecular formula is C23H25BrF3N3. The van der Waals surface area contributed by atoms with E-state index in [4.69, 9.17) is 4.98 Å². The Hall–Kier alpha value is -2.02. The van der Waals surface area contributed by atoms with Gasteiger partial charge in [0.05, 0.1) is 16.6 Å². The highest BCUT2D eigenvalue weighted by molar-refractivity contribution is 9.10. The number of nitrogens with zero attached hydrogens (tertiary/aromatic N) is 2. The normalized spacial score (nSPS) is 21.7. The molecule has 0 aliphatic heterocycles. The van der Waals surface area contributed by atoms with Crippen LogP contribution in [0.25, 0.3) is 11.0 Å². The van der Waals surface area contributed by atoms with Gasteiger partial charge in [-0.3, -0.25) is 0 Å². The minimum Gasteiger partial charge on any atom is -0.326 e. The fourth-order valence-electron chi connectivity index (χ4n) is 4.89. The fourth-order valence-corrected chi connectivity index (χ4v) is 5.24. The van der Waals surface area contributed by atoms with E-state index in [9.17, 15) is 13.2 Å². The molecule has 0 amide bonds. The van der Waals surface area contributed by atoms with E-state index in [1.54, 1.807) is 0 Å². The average molecular weight is 480 g/mol. The van der Waals surface area contributed by atoms with E-state index in [2.05, 4.69) is 52.7 Å². The van der Waals surface area contributed by atoms with Gasteiger partial charge < -0.3 is 9.88 Å². The number of imidazole rings is 1. The van der Waals surface area contributed by atoms with Crippen LogP contribution < -0.4 is 5.32 Å². The standard InChI is InChI=1S/C23H25BrF3N3/c1-14-10-18(13-22(2,3)12-14)30-20-9-6-16(24)11-19(20)29-21(30)28-17-7-4-15(5-8-17)23(25,26)27/h4-9,11,14,18H,10,12-13H2,1-3H3,(H,28,29)/t14-,18+/m0/s1. The van der Waals surface area contributed by atoms with Crippen molar-refractivity contribution in [2.75, 3.05) is 5.32 Å². The Kier molecular flexibility index (Phi) is 5.37. The molecule has 2 aromatic carbocycles. The van der Waals surface area contributed by atoms with Crippen molar-refractivity contribution in [1.82, 2.24) is 9.55 Å². The lowest BCUT2D eigenvalue weighted by atomic mass is 9.70. The maximum absolute atomic E-state index is 12.9. The second kappa shape index (κ2) is 7.59. The fraction of sp³-hybridized carbons (Fsp3) is 0.435. The van der Waals surface area contributed by atoms with Gasteiger partial charge in [-0.05, 0) is 73.1 Å². The molecule has 7 heteroatoms. The lowest BCUT2D eigenvalue weighted by molar-refractivity contribution is -0.137. The molecule has 0 unspecified atom stereocenters. The summed E-state index contributed by atoms with van der Waals surface area (Å²) in [4.78, 5) is 4.79. The molecular weight excluding hydrogens is 455 g/mol. The summed E-state index contributed by atoms with van der Waals surface area (Å²) in [6.07, 6.45) is -1.09. The summed E-state index contributed by atoms with van der Waals surface area (Å²) in [7, 11) is 0. The van der Waals surface area contributed by atoms with Crippen molar-refractivity contribution in [3.8, 4) is 0 Å². The van der Waals surface area contributed by atoms with Gasteiger partial charge in [0.2, 0.25) is 5.95 Å². The van der Waals surface area contributed by atoms with Crippen molar-refractivity contribution >= 4 is 38.6 Å². The Morgan fingerprint density at radius 1 is 1.10 bits per heavy atom. The van der Waals surface area contributed by atoms with E-state index in [1.165, 1.54) is 18.6 Å². The van der Waals surface area contributed by atoms with Gasteiger partial charge in [-0.15, -0.1) is 0 Å². The van der Waals surface area contributed by atoms with Crippen molar-refractivity contribution in [3.63, 3.8) is 0 Å². The zero-order valence-electron chi connectivity index (χ0n) is 17.2. The molecule has 1 aliphatic rings. The lowest BCUT2D eigenvalue weighted by Crippen LogP contribution is -2.29. The largest absolute Gasteiger partial charge is 0.416 e. The summed E-state index contributed by atoms with van der Waals surface area (Å²) >= 11 is 3.51. The molecule has 0 radical (unpaired) electrons. The maximum Gasteiger partial charge on any atom is 0.416 e. The summed E-state index contributed by atoms with van der Waals surface area (Å²) in [6, 6.07) is 11.4. The van der Waals surface area contributed by atoms with Crippen LogP contribution in [-0.4, -0.2) is 9.55 Å². The van der Waals surface area contributed by atoms with Crippen LogP contribution in [0.15, 0.2) is 46.9 Å². The Morgan fingerprint density at radius 2 is 1.80 bits per heavy atom. The predicted octanol–water partition coefficient (Wildman–Crippen LogP) is 7.95. The van der Waals surface area contributed by atoms with E-state index in [-0.39, 0.29) is 11.5 Å². The predicted molar refractivity (Wildman–Crippen MR) is 118 cm³/mol. The second-order valence-corrected chi connectivity index (χ2v) is 10.1. The first-order valence-corrected chi connectivity index (χ1v) is 10.9. The number of hydrogen-bond donors (Lipinski definition) is 1. The minimum absolute atomic E-state index is 0.222. The van der Waals surface area contributed by atoms with Crippen LogP contribution in [0, 0.1) is 11.3 Å². The maximum atomic E-state index is 12.9. The third-order valence-corrected chi connectivity index (χ3v) is 6.34. The zero-order chi connectivity index (χ0) is 21.7. The molecule has 3 nitrogen and oxygen atoms in total. The first-order chi connectivity index (χ1) is 14.0. The van der Waals surface area contributed by atoms with Gasteiger partial charge in [-0.1, -0.05) is 36.7 Å². The first kappa shape index (κ1) is 21.2. The van der Waals surface area contributed by atoms with Gasteiger partial charge >= 0.3 is 6.18 Å². The monoisotopic (exact) mass is 479 g/mol. The van der Waals surface area contributed by atoms with Gasteiger partial charge in [0.25, 0.3) is 0 Å². The van der Waals surface area contributed by atoms with Crippen LogP contribution in [0.4, 0.5) is 24.8 Å². The van der Waals surface area contributed by atoms with Gasteiger partial charge in [-0.25, -0.2) is 4.98 Å². The summed E-state index contributed by atoms with van der Waals surface area (Å²) in [5.41, 5.74) is 2.03. The van der Waals surface area contributed by atoms with Crippen LogP contribution in [0.2, 0.25) is 0 Å². The number of rotatable bonds is 3. The van der Waals surface area contributed by atoms with E-state index in [1.807, 2.05) is 12.1 Å². The van der Waals surface area contributed by atoms with Crippen LogP contribution in [0.5, 0.6) is 0 Å². The zero-order valence-corrected chi connectivity index (χ0v) is 18.8. The van der Waals surface area contributed by atoms with Gasteiger partial charge in [0, 0.05) is 16.2 Å². The SMILES string of the molecule is C[C@H]1C[C@@H](n2c(Nc3ccc(C(F)(F)F)cc3)nc3cc(Br)ccc32)CC(C)(C)C1. The van der Waals surface area contributed by atoms with Crippen LogP contribution >= 0.6 is 15.9 Å². The molecule has 1 aliphatic carbocycles. The molecule has 2 atom stereocenters. The molecule has 0 bridgehead atoms. The highest BCUT2D eigenvalue weighted by atomic mass is 79.9. The highest BCUT2D eigenvalue weighted by Gasteiger charge is 2.35. The number of alkyl halides is 3. The third-order valence-electron chi connectivity index (χ3n) is 5.85. The Balaban J connectivity index is 1.75. The van der Waals surface area contributed by atoms with Crippen molar-refractivity contribution in [2.24, 2.45) is 11.3 Å². The molecule has 1 heterocycles. The quantitative estimate of drug-likeness (QED) is 0.412. The van der Waals surface area contributed by atoms with Crippen molar-refractivity contribution in [2.45, 2.75) is 52.3 Å². The van der Waals surface area contributed by atoms with Crippen molar-refractivity contribution in [3.05, 3.63) is 52.5 Å². The van der Waals surface area contributed by atoms with Crippen LogP contribution in [0.1, 0.15) is 51.6 Å². The number of anilines is 2. The number of halogens is 4. The van der Waals surface area contributed by atoms with E-state index in [0.717, 1.165) is 40.5 Å². The minimum atomic E-state index is -4.35. The van der Waals surface area contributed by atoms with Crippen molar-refractivity contribution < 1.29 is 13.2 Å². The first-order valence-electron chi connectivity index (χ1n) is 10.1. The van der Waals surface area contributed by atoms with Gasteiger partial charge in [0.15, 0.2) is 0 Å². The molecule has 0 saturated heterocycles. The lowest BCUT2D eigenvalue weighted by Gasteiger charge is -2.40. The van der Waals surface area contributed by atoms with Gasteiger partial charge in [0.1, 0.15) is 0 Å². The summed E-state index contributed by atoms with van der Waals surface area (Å²) < 4.78 is 41.9. The second-order valence-electron chi connectivity index (χ2n) is 9.21. The molecule has 4 rings (SSSR count). The van der Waals surface area contributed by atoms with E-state index >= 15 is 0 Å². The van der Waals surface area contributed by atoms with Crippen molar-refractivity contribution in [1.29, 1.82) is 0 Å². The average Bonchev–Trinajstić information content (AvgIpc) is 2.96. The molecule has 1 fully saturated rings. The van der Waals surface area contributed by atoms with Gasteiger partial charge in [-0.2, -0.15) is 13.2 Å². The van der Waals surface area contributed by atoms with E-state index < -0.39 is 11.7 Å². The number of aromatic nitrogens is 2. The Morgan fingerprint density at radius 3 is 2.43 bits per heavy atom. The Labute approximate surface area is 182 Å².